The average molecular weight is 588 g/mol. The summed E-state index contributed by atoms with van der Waals surface area (Å²) in [6, 6.07) is 7.14. The monoisotopic (exact) mass is 587 g/mol. The van der Waals surface area contributed by atoms with Gasteiger partial charge in [0.25, 0.3) is 5.91 Å². The molecule has 11 heteroatoms. The van der Waals surface area contributed by atoms with Crippen LogP contribution in [0.15, 0.2) is 36.7 Å². The first-order chi connectivity index (χ1) is 20.7. The SMILES string of the molecule is [C-]#[N+]C[C@H]1CN(c2nc(OC[C@@H]3CCCN3C)nc3nc(-c4cccc5c4CC(C)C5)c(F)cc23)CCN1C(=O)C(=C)F. The van der Waals surface area contributed by atoms with Crippen molar-refractivity contribution < 1.29 is 18.3 Å². The van der Waals surface area contributed by atoms with E-state index >= 15 is 4.39 Å². The van der Waals surface area contributed by atoms with Crippen LogP contribution >= 0.6 is 0 Å². The van der Waals surface area contributed by atoms with Gasteiger partial charge in [0.05, 0.1) is 5.39 Å². The normalized spacial score (nSPS) is 22.1. The molecule has 3 aromatic rings. The number of amides is 1. The van der Waals surface area contributed by atoms with Gasteiger partial charge < -0.3 is 24.3 Å². The Morgan fingerprint density at radius 3 is 2.77 bits per heavy atom. The van der Waals surface area contributed by atoms with Crippen molar-refractivity contribution in [2.75, 3.05) is 51.3 Å². The predicted molar refractivity (Wildman–Crippen MR) is 160 cm³/mol. The number of benzene rings is 1. The average Bonchev–Trinajstić information content (AvgIpc) is 3.59. The van der Waals surface area contributed by atoms with Crippen LogP contribution in [-0.4, -0.2) is 89.1 Å². The Bertz CT molecular complexity index is 1620. The lowest BCUT2D eigenvalue weighted by Gasteiger charge is -2.39. The van der Waals surface area contributed by atoms with E-state index in [0.717, 1.165) is 43.4 Å². The molecule has 4 heterocycles. The zero-order valence-corrected chi connectivity index (χ0v) is 24.5. The van der Waals surface area contributed by atoms with Gasteiger partial charge in [0.2, 0.25) is 6.54 Å². The lowest BCUT2D eigenvalue weighted by Crippen LogP contribution is -2.56. The van der Waals surface area contributed by atoms with Crippen molar-refractivity contribution in [1.29, 1.82) is 0 Å². The quantitative estimate of drug-likeness (QED) is 0.298. The molecule has 0 N–H and O–H groups in total. The molecule has 9 nitrogen and oxygen atoms in total. The number of halogens is 2. The Labute approximate surface area is 250 Å². The van der Waals surface area contributed by atoms with Gasteiger partial charge in [-0.05, 0) is 62.4 Å². The Morgan fingerprint density at radius 1 is 1.19 bits per heavy atom. The van der Waals surface area contributed by atoms with Crippen molar-refractivity contribution in [1.82, 2.24) is 24.8 Å². The molecule has 0 spiro atoms. The van der Waals surface area contributed by atoms with Crippen molar-refractivity contribution in [3.63, 3.8) is 0 Å². The van der Waals surface area contributed by atoms with E-state index in [0.29, 0.717) is 29.4 Å². The van der Waals surface area contributed by atoms with Crippen molar-refractivity contribution in [2.45, 2.75) is 44.7 Å². The van der Waals surface area contributed by atoms with Crippen LogP contribution in [0, 0.1) is 18.3 Å². The number of likely N-dealkylation sites (N-methyl/N-ethyl adjacent to an activating group) is 1. The van der Waals surface area contributed by atoms with Gasteiger partial charge in [-0.25, -0.2) is 20.3 Å². The highest BCUT2D eigenvalue weighted by Gasteiger charge is 2.35. The number of carbonyl (C=O) groups excluding carboxylic acids is 1. The summed E-state index contributed by atoms with van der Waals surface area (Å²) >= 11 is 0. The number of piperazine rings is 1. The molecule has 1 unspecified atom stereocenters. The molecule has 224 valence electrons. The standard InChI is InChI=1S/C32H35F2N7O2/c1-19-13-21-7-5-9-24(25(21)14-19)28-27(34)15-26-29(36-28)37-32(43-18-22-8-6-10-39(22)4)38-30(26)40-11-12-41(31(42)20(2)33)23(17-40)16-35-3/h5,7,9,15,19,22-23H,2,6,8,10-14,16-18H2,1,4H3/t19?,22-,23-/m0/s1. The highest BCUT2D eigenvalue weighted by molar-refractivity contribution is 5.92. The molecule has 1 amide bonds. The van der Waals surface area contributed by atoms with Gasteiger partial charge in [0.1, 0.15) is 30.0 Å². The number of hydrogen-bond donors (Lipinski definition) is 0. The number of ether oxygens (including phenoxy) is 1. The van der Waals surface area contributed by atoms with Crippen LogP contribution in [0.1, 0.15) is 30.9 Å². The summed E-state index contributed by atoms with van der Waals surface area (Å²) in [6.45, 7) is 14.8. The third kappa shape index (κ3) is 5.64. The van der Waals surface area contributed by atoms with Gasteiger partial charge in [-0.3, -0.25) is 4.79 Å². The molecule has 3 atom stereocenters. The molecule has 1 aliphatic carbocycles. The molecule has 1 aromatic carbocycles. The zero-order valence-electron chi connectivity index (χ0n) is 24.5. The minimum Gasteiger partial charge on any atom is -0.462 e. The third-order valence-electron chi connectivity index (χ3n) is 8.90. The predicted octanol–water partition coefficient (Wildman–Crippen LogP) is 4.46. The molecule has 0 saturated carbocycles. The Morgan fingerprint density at radius 2 is 2.02 bits per heavy atom. The lowest BCUT2D eigenvalue weighted by molar-refractivity contribution is -0.131. The minimum absolute atomic E-state index is 0.0236. The number of carbonyl (C=O) groups is 1. The van der Waals surface area contributed by atoms with Crippen molar-refractivity contribution in [3.05, 3.63) is 65.0 Å². The second-order valence-corrected chi connectivity index (χ2v) is 11.9. The van der Waals surface area contributed by atoms with Crippen molar-refractivity contribution in [3.8, 4) is 17.3 Å². The smallest absolute Gasteiger partial charge is 0.320 e. The topological polar surface area (TPSA) is 79.1 Å². The number of anilines is 1. The van der Waals surface area contributed by atoms with Gasteiger partial charge in [-0.2, -0.15) is 9.97 Å². The van der Waals surface area contributed by atoms with Crippen molar-refractivity contribution in [2.24, 2.45) is 5.92 Å². The fraction of sp³-hybridized carbons (Fsp3) is 0.469. The van der Waals surface area contributed by atoms with Gasteiger partial charge in [-0.15, -0.1) is 0 Å². The summed E-state index contributed by atoms with van der Waals surface area (Å²) in [7, 11) is 2.06. The zero-order chi connectivity index (χ0) is 30.2. The fourth-order valence-electron chi connectivity index (χ4n) is 6.67. The second kappa shape index (κ2) is 11.8. The van der Waals surface area contributed by atoms with Gasteiger partial charge in [0, 0.05) is 31.2 Å². The molecule has 2 saturated heterocycles. The van der Waals surface area contributed by atoms with Gasteiger partial charge in [0.15, 0.2) is 11.5 Å². The molecule has 6 rings (SSSR count). The fourth-order valence-corrected chi connectivity index (χ4v) is 6.67. The number of fused-ring (bicyclic) bond motifs is 2. The largest absolute Gasteiger partial charge is 0.462 e. The number of rotatable bonds is 7. The van der Waals surface area contributed by atoms with E-state index in [1.54, 1.807) is 0 Å². The van der Waals surface area contributed by atoms with E-state index < -0.39 is 23.6 Å². The van der Waals surface area contributed by atoms with Crippen molar-refractivity contribution >= 4 is 22.8 Å². The highest BCUT2D eigenvalue weighted by Crippen LogP contribution is 2.37. The number of nitrogens with zero attached hydrogens (tertiary/aromatic N) is 7. The third-order valence-corrected chi connectivity index (χ3v) is 8.90. The molecule has 2 aromatic heterocycles. The lowest BCUT2D eigenvalue weighted by atomic mass is 9.99. The molecule has 2 aliphatic heterocycles. The Balaban J connectivity index is 1.41. The van der Waals surface area contributed by atoms with Crippen LogP contribution in [0.25, 0.3) is 27.1 Å². The van der Waals surface area contributed by atoms with Crippen LogP contribution in [0.3, 0.4) is 0 Å². The molecule has 43 heavy (non-hydrogen) atoms. The van der Waals surface area contributed by atoms with Gasteiger partial charge in [-0.1, -0.05) is 31.7 Å². The van der Waals surface area contributed by atoms with E-state index in [1.807, 2.05) is 17.0 Å². The van der Waals surface area contributed by atoms with Crippen LogP contribution in [0.5, 0.6) is 6.01 Å². The molecule has 3 aliphatic rings. The van der Waals surface area contributed by atoms with Gasteiger partial charge >= 0.3 is 6.01 Å². The van der Waals surface area contributed by atoms with E-state index in [4.69, 9.17) is 21.3 Å². The van der Waals surface area contributed by atoms with E-state index in [-0.39, 0.29) is 43.9 Å². The summed E-state index contributed by atoms with van der Waals surface area (Å²) in [6.07, 6.45) is 3.92. The molecular weight excluding hydrogens is 552 g/mol. The first-order valence-electron chi connectivity index (χ1n) is 14.8. The number of pyridine rings is 1. The number of hydrogen-bond acceptors (Lipinski definition) is 7. The summed E-state index contributed by atoms with van der Waals surface area (Å²) in [5.74, 6) is -1.49. The second-order valence-electron chi connectivity index (χ2n) is 11.9. The maximum atomic E-state index is 16.0. The molecule has 0 bridgehead atoms. The molecular formula is C32H35F2N7O2. The van der Waals surface area contributed by atoms with E-state index in [1.165, 1.54) is 16.5 Å². The first-order valence-corrected chi connectivity index (χ1v) is 14.8. The van der Waals surface area contributed by atoms with Crippen LogP contribution in [0.4, 0.5) is 14.6 Å². The Kier molecular flexibility index (Phi) is 7.97. The summed E-state index contributed by atoms with van der Waals surface area (Å²) in [4.78, 5) is 35.5. The number of aromatic nitrogens is 3. The maximum absolute atomic E-state index is 16.0. The first kappa shape index (κ1) is 28.9. The van der Waals surface area contributed by atoms with E-state index in [2.05, 4.69) is 41.3 Å². The maximum Gasteiger partial charge on any atom is 0.320 e. The minimum atomic E-state index is -1.07. The number of likely N-dealkylation sites (tertiary alicyclic amines) is 1. The molecule has 2 fully saturated rings. The molecule has 0 radical (unpaired) electrons. The summed E-state index contributed by atoms with van der Waals surface area (Å²) < 4.78 is 35.9. The van der Waals surface area contributed by atoms with Crippen LogP contribution < -0.4 is 9.64 Å². The Hall–Kier alpha value is -4.17. The van der Waals surface area contributed by atoms with E-state index in [9.17, 15) is 9.18 Å². The van der Waals surface area contributed by atoms with Crippen LogP contribution in [-0.2, 0) is 17.6 Å². The van der Waals surface area contributed by atoms with Crippen LogP contribution in [0.2, 0.25) is 0 Å². The summed E-state index contributed by atoms with van der Waals surface area (Å²) in [5.41, 5.74) is 3.65. The summed E-state index contributed by atoms with van der Waals surface area (Å²) in [5, 5.41) is 0.406. The highest BCUT2D eigenvalue weighted by atomic mass is 19.1.